The quantitative estimate of drug-likeness (QED) is 0.697. The van der Waals surface area contributed by atoms with Crippen LogP contribution in [0.2, 0.25) is 0 Å². The standard InChI is InChI=1S/C12H8INO/c13-9-1-2-11-10-3-4-14-6-8(10)7-15-12(11)5-9/h1-6H,7H2. The van der Waals surface area contributed by atoms with Gasteiger partial charge in [-0.05, 0) is 52.4 Å². The smallest absolute Gasteiger partial charge is 0.128 e. The highest BCUT2D eigenvalue weighted by molar-refractivity contribution is 14.1. The molecule has 15 heavy (non-hydrogen) atoms. The predicted molar refractivity (Wildman–Crippen MR) is 66.7 cm³/mol. The van der Waals surface area contributed by atoms with E-state index in [1.54, 1.807) is 0 Å². The van der Waals surface area contributed by atoms with Crippen LogP contribution in [0.5, 0.6) is 5.75 Å². The predicted octanol–water partition coefficient (Wildman–Crippen LogP) is 3.25. The zero-order chi connectivity index (χ0) is 10.3. The number of rotatable bonds is 0. The lowest BCUT2D eigenvalue weighted by atomic mass is 9.99. The molecule has 2 aromatic rings. The Morgan fingerprint density at radius 2 is 2.13 bits per heavy atom. The Labute approximate surface area is 101 Å². The van der Waals surface area contributed by atoms with Crippen molar-refractivity contribution in [3.05, 3.63) is 45.8 Å². The summed E-state index contributed by atoms with van der Waals surface area (Å²) in [6.07, 6.45) is 3.70. The van der Waals surface area contributed by atoms with E-state index in [0.717, 1.165) is 11.3 Å². The zero-order valence-corrected chi connectivity index (χ0v) is 10.1. The van der Waals surface area contributed by atoms with Crippen molar-refractivity contribution in [1.82, 2.24) is 4.98 Å². The number of hydrogen-bond acceptors (Lipinski definition) is 2. The minimum absolute atomic E-state index is 0.621. The molecule has 1 aliphatic heterocycles. The molecule has 0 saturated heterocycles. The molecule has 0 N–H and O–H groups in total. The highest BCUT2D eigenvalue weighted by Crippen LogP contribution is 2.37. The summed E-state index contributed by atoms with van der Waals surface area (Å²) in [4.78, 5) is 4.11. The van der Waals surface area contributed by atoms with Crippen LogP contribution in [-0.4, -0.2) is 4.98 Å². The molecule has 0 bridgehead atoms. The molecular formula is C12H8INO. The lowest BCUT2D eigenvalue weighted by molar-refractivity contribution is 0.301. The van der Waals surface area contributed by atoms with Gasteiger partial charge in [-0.1, -0.05) is 0 Å². The average Bonchev–Trinajstić information content (AvgIpc) is 2.28. The van der Waals surface area contributed by atoms with Gasteiger partial charge in [0.25, 0.3) is 0 Å². The van der Waals surface area contributed by atoms with E-state index >= 15 is 0 Å². The zero-order valence-electron chi connectivity index (χ0n) is 7.90. The molecule has 1 aliphatic rings. The van der Waals surface area contributed by atoms with Gasteiger partial charge < -0.3 is 4.74 Å². The number of benzene rings is 1. The van der Waals surface area contributed by atoms with Crippen LogP contribution >= 0.6 is 22.6 Å². The van der Waals surface area contributed by atoms with Gasteiger partial charge in [0, 0.05) is 27.1 Å². The first kappa shape index (κ1) is 9.15. The van der Waals surface area contributed by atoms with E-state index in [9.17, 15) is 0 Å². The van der Waals surface area contributed by atoms with Gasteiger partial charge in [-0.25, -0.2) is 0 Å². The number of fused-ring (bicyclic) bond motifs is 3. The van der Waals surface area contributed by atoms with Gasteiger partial charge in [0.05, 0.1) is 0 Å². The number of pyridine rings is 1. The van der Waals surface area contributed by atoms with Gasteiger partial charge in [0.15, 0.2) is 0 Å². The Kier molecular flexibility index (Phi) is 2.12. The number of nitrogens with zero attached hydrogens (tertiary/aromatic N) is 1. The Bertz CT molecular complexity index is 525. The lowest BCUT2D eigenvalue weighted by Gasteiger charge is -2.20. The third kappa shape index (κ3) is 1.51. The van der Waals surface area contributed by atoms with Crippen LogP contribution in [0.4, 0.5) is 0 Å². The molecule has 0 unspecified atom stereocenters. The second-order valence-electron chi connectivity index (χ2n) is 3.46. The molecule has 0 saturated carbocycles. The van der Waals surface area contributed by atoms with Gasteiger partial charge in [-0.3, -0.25) is 4.98 Å². The fourth-order valence-electron chi connectivity index (χ4n) is 1.80. The molecule has 74 valence electrons. The van der Waals surface area contributed by atoms with Crippen molar-refractivity contribution in [3.63, 3.8) is 0 Å². The Balaban J connectivity index is 2.26. The van der Waals surface area contributed by atoms with Crippen LogP contribution < -0.4 is 4.74 Å². The van der Waals surface area contributed by atoms with Gasteiger partial charge >= 0.3 is 0 Å². The second kappa shape index (κ2) is 3.48. The highest BCUT2D eigenvalue weighted by Gasteiger charge is 2.16. The summed E-state index contributed by atoms with van der Waals surface area (Å²) in [7, 11) is 0. The first-order valence-corrected chi connectivity index (χ1v) is 5.78. The summed E-state index contributed by atoms with van der Waals surface area (Å²) in [5, 5.41) is 0. The fourth-order valence-corrected chi connectivity index (χ4v) is 2.26. The van der Waals surface area contributed by atoms with Crippen molar-refractivity contribution in [3.8, 4) is 16.9 Å². The van der Waals surface area contributed by atoms with Crippen molar-refractivity contribution >= 4 is 22.6 Å². The molecule has 1 aromatic carbocycles. The van der Waals surface area contributed by atoms with Crippen molar-refractivity contribution in [2.75, 3.05) is 0 Å². The monoisotopic (exact) mass is 309 g/mol. The van der Waals surface area contributed by atoms with E-state index in [1.807, 2.05) is 18.5 Å². The van der Waals surface area contributed by atoms with E-state index < -0.39 is 0 Å². The number of ether oxygens (including phenoxy) is 1. The lowest BCUT2D eigenvalue weighted by Crippen LogP contribution is -2.05. The third-order valence-corrected chi connectivity index (χ3v) is 3.19. The fraction of sp³-hybridized carbons (Fsp3) is 0.0833. The van der Waals surface area contributed by atoms with Gasteiger partial charge in [0.2, 0.25) is 0 Å². The summed E-state index contributed by atoms with van der Waals surface area (Å²) >= 11 is 2.29. The number of halogens is 1. The van der Waals surface area contributed by atoms with Crippen LogP contribution in [0.3, 0.4) is 0 Å². The summed E-state index contributed by atoms with van der Waals surface area (Å²) in [6.45, 7) is 0.621. The SMILES string of the molecule is Ic1ccc2c(c1)OCc1cnccc1-2. The third-order valence-electron chi connectivity index (χ3n) is 2.52. The topological polar surface area (TPSA) is 22.1 Å². The molecule has 0 atom stereocenters. The molecule has 0 amide bonds. The summed E-state index contributed by atoms with van der Waals surface area (Å²) < 4.78 is 6.88. The molecule has 0 spiro atoms. The Morgan fingerprint density at radius 1 is 1.20 bits per heavy atom. The van der Waals surface area contributed by atoms with Crippen molar-refractivity contribution in [1.29, 1.82) is 0 Å². The van der Waals surface area contributed by atoms with Crippen LogP contribution in [0.1, 0.15) is 5.56 Å². The van der Waals surface area contributed by atoms with E-state index in [2.05, 4.69) is 45.8 Å². The second-order valence-corrected chi connectivity index (χ2v) is 4.71. The number of aromatic nitrogens is 1. The largest absolute Gasteiger partial charge is 0.488 e. The normalized spacial score (nSPS) is 12.6. The molecule has 1 aromatic heterocycles. The van der Waals surface area contributed by atoms with Gasteiger partial charge in [0.1, 0.15) is 12.4 Å². The van der Waals surface area contributed by atoms with E-state index in [4.69, 9.17) is 4.74 Å². The average molecular weight is 309 g/mol. The highest BCUT2D eigenvalue weighted by atomic mass is 127. The molecular weight excluding hydrogens is 301 g/mol. The van der Waals surface area contributed by atoms with Crippen LogP contribution in [0.15, 0.2) is 36.7 Å². The molecule has 2 heterocycles. The van der Waals surface area contributed by atoms with Crippen molar-refractivity contribution in [2.45, 2.75) is 6.61 Å². The molecule has 0 fully saturated rings. The van der Waals surface area contributed by atoms with E-state index in [0.29, 0.717) is 6.61 Å². The minimum Gasteiger partial charge on any atom is -0.488 e. The summed E-state index contributed by atoms with van der Waals surface area (Å²) in [5.74, 6) is 0.973. The van der Waals surface area contributed by atoms with Gasteiger partial charge in [-0.15, -0.1) is 0 Å². The first-order chi connectivity index (χ1) is 7.34. The van der Waals surface area contributed by atoms with Crippen molar-refractivity contribution < 1.29 is 4.74 Å². The molecule has 3 rings (SSSR count). The van der Waals surface area contributed by atoms with E-state index in [-0.39, 0.29) is 0 Å². The van der Waals surface area contributed by atoms with Gasteiger partial charge in [-0.2, -0.15) is 0 Å². The van der Waals surface area contributed by atoms with Crippen LogP contribution in [-0.2, 0) is 6.61 Å². The molecule has 3 heteroatoms. The maximum absolute atomic E-state index is 5.69. The maximum atomic E-state index is 5.69. The molecule has 0 radical (unpaired) electrons. The summed E-state index contributed by atoms with van der Waals surface area (Å²) in [5.41, 5.74) is 3.56. The van der Waals surface area contributed by atoms with Crippen molar-refractivity contribution in [2.24, 2.45) is 0 Å². The maximum Gasteiger partial charge on any atom is 0.128 e. The Morgan fingerprint density at radius 3 is 3.07 bits per heavy atom. The van der Waals surface area contributed by atoms with Crippen LogP contribution in [0.25, 0.3) is 11.1 Å². The Hall–Kier alpha value is -1.10. The summed E-state index contributed by atoms with van der Waals surface area (Å²) in [6, 6.07) is 8.32. The molecule has 2 nitrogen and oxygen atoms in total. The van der Waals surface area contributed by atoms with Crippen LogP contribution in [0, 0.1) is 3.57 Å². The first-order valence-electron chi connectivity index (χ1n) is 4.70. The minimum atomic E-state index is 0.621. The number of hydrogen-bond donors (Lipinski definition) is 0. The van der Waals surface area contributed by atoms with E-state index in [1.165, 1.54) is 14.7 Å². The molecule has 0 aliphatic carbocycles.